The third kappa shape index (κ3) is 4.02. The predicted octanol–water partition coefficient (Wildman–Crippen LogP) is 1.43. The molecule has 8 heteroatoms. The van der Waals surface area contributed by atoms with Crippen LogP contribution in [0.4, 0.5) is 5.69 Å². The van der Waals surface area contributed by atoms with Crippen LogP contribution < -0.4 is 4.31 Å². The van der Waals surface area contributed by atoms with Gasteiger partial charge in [-0.05, 0) is 37.1 Å². The highest BCUT2D eigenvalue weighted by Gasteiger charge is 2.41. The fourth-order valence-electron chi connectivity index (χ4n) is 3.39. The van der Waals surface area contributed by atoms with Crippen molar-refractivity contribution in [2.45, 2.75) is 32.5 Å². The molecule has 1 amide bonds. The standard InChI is InChI=1S/C18H26N2O5S/c1-14-4-5-16(12-15(14)2)20(26(3,22)23)13-17(21)19-8-6-18(7-9-19)24-10-11-25-18/h4-5,12H,6-11,13H2,1-3H3. The largest absolute Gasteiger partial charge is 0.347 e. The van der Waals surface area contributed by atoms with E-state index >= 15 is 0 Å². The Kier molecular flexibility index (Phi) is 5.28. The van der Waals surface area contributed by atoms with Crippen LogP contribution in [-0.4, -0.2) is 64.1 Å². The zero-order valence-electron chi connectivity index (χ0n) is 15.5. The maximum Gasteiger partial charge on any atom is 0.243 e. The van der Waals surface area contributed by atoms with Gasteiger partial charge in [-0.3, -0.25) is 9.10 Å². The molecule has 0 N–H and O–H groups in total. The van der Waals surface area contributed by atoms with Crippen molar-refractivity contribution in [2.75, 3.05) is 43.4 Å². The number of hydrogen-bond acceptors (Lipinski definition) is 5. The number of rotatable bonds is 4. The molecule has 1 spiro atoms. The highest BCUT2D eigenvalue weighted by atomic mass is 32.2. The number of hydrogen-bond donors (Lipinski definition) is 0. The molecule has 0 unspecified atom stereocenters. The second-order valence-electron chi connectivity index (χ2n) is 7.03. The van der Waals surface area contributed by atoms with Gasteiger partial charge < -0.3 is 14.4 Å². The molecular formula is C18H26N2O5S. The van der Waals surface area contributed by atoms with Crippen LogP contribution in [-0.2, 0) is 24.3 Å². The maximum absolute atomic E-state index is 12.7. The Bertz CT molecular complexity index is 777. The summed E-state index contributed by atoms with van der Waals surface area (Å²) >= 11 is 0. The molecule has 2 fully saturated rings. The number of ether oxygens (including phenoxy) is 2. The minimum Gasteiger partial charge on any atom is -0.347 e. The van der Waals surface area contributed by atoms with E-state index in [4.69, 9.17) is 9.47 Å². The molecule has 2 saturated heterocycles. The Hall–Kier alpha value is -1.64. The third-order valence-corrected chi connectivity index (χ3v) is 6.29. The number of nitrogens with zero attached hydrogens (tertiary/aromatic N) is 2. The van der Waals surface area contributed by atoms with Gasteiger partial charge in [-0.25, -0.2) is 8.42 Å². The summed E-state index contributed by atoms with van der Waals surface area (Å²) in [5.74, 6) is -0.761. The molecule has 0 aliphatic carbocycles. The predicted molar refractivity (Wildman–Crippen MR) is 98.6 cm³/mol. The van der Waals surface area contributed by atoms with Crippen LogP contribution in [0.25, 0.3) is 0 Å². The van der Waals surface area contributed by atoms with Gasteiger partial charge in [0.05, 0.1) is 25.2 Å². The lowest BCUT2D eigenvalue weighted by atomic mass is 10.0. The van der Waals surface area contributed by atoms with Gasteiger partial charge >= 0.3 is 0 Å². The van der Waals surface area contributed by atoms with Gasteiger partial charge in [0, 0.05) is 25.9 Å². The highest BCUT2D eigenvalue weighted by molar-refractivity contribution is 7.92. The summed E-state index contributed by atoms with van der Waals surface area (Å²) in [6, 6.07) is 5.41. The summed E-state index contributed by atoms with van der Waals surface area (Å²) < 4.78 is 37.1. The van der Waals surface area contributed by atoms with Gasteiger partial charge in [-0.2, -0.15) is 0 Å². The first-order valence-corrected chi connectivity index (χ1v) is 10.7. The van der Waals surface area contributed by atoms with Gasteiger partial charge in [0.1, 0.15) is 6.54 Å². The molecule has 2 aliphatic heterocycles. The number of aryl methyl sites for hydroxylation is 2. The zero-order valence-corrected chi connectivity index (χ0v) is 16.3. The smallest absolute Gasteiger partial charge is 0.243 e. The molecule has 2 aliphatic rings. The van der Waals surface area contributed by atoms with Crippen LogP contribution in [0.1, 0.15) is 24.0 Å². The lowest BCUT2D eigenvalue weighted by Gasteiger charge is -2.38. The van der Waals surface area contributed by atoms with Gasteiger partial charge in [-0.15, -0.1) is 0 Å². The summed E-state index contributed by atoms with van der Waals surface area (Å²) in [5, 5.41) is 0. The Labute approximate surface area is 154 Å². The average Bonchev–Trinajstić information content (AvgIpc) is 3.03. The van der Waals surface area contributed by atoms with Crippen molar-refractivity contribution in [1.29, 1.82) is 0 Å². The minimum atomic E-state index is -3.57. The van der Waals surface area contributed by atoms with E-state index in [-0.39, 0.29) is 12.5 Å². The van der Waals surface area contributed by atoms with E-state index in [1.165, 1.54) is 4.31 Å². The number of sulfonamides is 1. The molecule has 1 aromatic rings. The molecule has 0 bridgehead atoms. The summed E-state index contributed by atoms with van der Waals surface area (Å²) in [7, 11) is -3.57. The maximum atomic E-state index is 12.7. The second-order valence-corrected chi connectivity index (χ2v) is 8.93. The topological polar surface area (TPSA) is 76.2 Å². The second kappa shape index (κ2) is 7.17. The molecule has 1 aromatic carbocycles. The van der Waals surface area contributed by atoms with Crippen LogP contribution in [0.15, 0.2) is 18.2 Å². The van der Waals surface area contributed by atoms with E-state index in [1.807, 2.05) is 19.9 Å². The number of carbonyl (C=O) groups is 1. The summed E-state index contributed by atoms with van der Waals surface area (Å²) in [6.45, 7) is 5.87. The first-order chi connectivity index (χ1) is 12.2. The molecule has 0 atom stereocenters. The van der Waals surface area contributed by atoms with Crippen LogP contribution in [0, 0.1) is 13.8 Å². The van der Waals surface area contributed by atoms with E-state index in [2.05, 4.69) is 0 Å². The first kappa shape index (κ1) is 19.1. The van der Waals surface area contributed by atoms with Crippen molar-refractivity contribution in [2.24, 2.45) is 0 Å². The number of carbonyl (C=O) groups excluding carboxylic acids is 1. The van der Waals surface area contributed by atoms with Crippen molar-refractivity contribution in [1.82, 2.24) is 4.90 Å². The van der Waals surface area contributed by atoms with Crippen molar-refractivity contribution in [3.63, 3.8) is 0 Å². The van der Waals surface area contributed by atoms with Crippen molar-refractivity contribution in [3.8, 4) is 0 Å². The Balaban J connectivity index is 1.71. The SMILES string of the molecule is Cc1ccc(N(CC(=O)N2CCC3(CC2)OCCO3)S(C)(=O)=O)cc1C. The number of piperidine rings is 1. The van der Waals surface area contributed by atoms with Gasteiger partial charge in [0.15, 0.2) is 5.79 Å². The number of likely N-dealkylation sites (tertiary alicyclic amines) is 1. The Morgan fingerprint density at radius 3 is 2.31 bits per heavy atom. The normalized spacial score (nSPS) is 19.7. The van der Waals surface area contributed by atoms with Crippen molar-refractivity contribution < 1.29 is 22.7 Å². The molecule has 7 nitrogen and oxygen atoms in total. The van der Waals surface area contributed by atoms with Gasteiger partial charge in [0.25, 0.3) is 0 Å². The Morgan fingerprint density at radius 1 is 1.15 bits per heavy atom. The van der Waals surface area contributed by atoms with E-state index in [1.54, 1.807) is 17.0 Å². The lowest BCUT2D eigenvalue weighted by molar-refractivity contribution is -0.187. The third-order valence-electron chi connectivity index (χ3n) is 5.15. The lowest BCUT2D eigenvalue weighted by Crippen LogP contribution is -2.50. The molecule has 0 saturated carbocycles. The fourth-order valence-corrected chi connectivity index (χ4v) is 4.23. The summed E-state index contributed by atoms with van der Waals surface area (Å²) in [4.78, 5) is 14.4. The number of amides is 1. The van der Waals surface area contributed by atoms with Crippen LogP contribution in [0.2, 0.25) is 0 Å². The fraction of sp³-hybridized carbons (Fsp3) is 0.611. The molecule has 144 valence electrons. The minimum absolute atomic E-state index is 0.198. The monoisotopic (exact) mass is 382 g/mol. The van der Waals surface area contributed by atoms with E-state index in [0.717, 1.165) is 17.4 Å². The summed E-state index contributed by atoms with van der Waals surface area (Å²) in [5.41, 5.74) is 2.57. The highest BCUT2D eigenvalue weighted by Crippen LogP contribution is 2.31. The molecule has 2 heterocycles. The van der Waals surface area contributed by atoms with E-state index in [9.17, 15) is 13.2 Å². The van der Waals surface area contributed by atoms with Crippen molar-refractivity contribution >= 4 is 21.6 Å². The van der Waals surface area contributed by atoms with E-state index in [0.29, 0.717) is 44.8 Å². The zero-order chi connectivity index (χ0) is 18.9. The quantitative estimate of drug-likeness (QED) is 0.788. The molecular weight excluding hydrogens is 356 g/mol. The molecule has 3 rings (SSSR count). The van der Waals surface area contributed by atoms with Gasteiger partial charge in [0.2, 0.25) is 15.9 Å². The molecule has 0 aromatic heterocycles. The van der Waals surface area contributed by atoms with Gasteiger partial charge in [-0.1, -0.05) is 6.07 Å². The Morgan fingerprint density at radius 2 is 1.77 bits per heavy atom. The first-order valence-electron chi connectivity index (χ1n) is 8.81. The van der Waals surface area contributed by atoms with Crippen LogP contribution in [0.5, 0.6) is 0 Å². The number of benzene rings is 1. The molecule has 26 heavy (non-hydrogen) atoms. The summed E-state index contributed by atoms with van der Waals surface area (Å²) in [6.07, 6.45) is 2.35. The molecule has 0 radical (unpaired) electrons. The average molecular weight is 382 g/mol. The van der Waals surface area contributed by atoms with Crippen LogP contribution >= 0.6 is 0 Å². The van der Waals surface area contributed by atoms with Crippen LogP contribution in [0.3, 0.4) is 0 Å². The van der Waals surface area contributed by atoms with Crippen molar-refractivity contribution in [3.05, 3.63) is 29.3 Å². The van der Waals surface area contributed by atoms with E-state index < -0.39 is 15.8 Å². The number of anilines is 1.